The maximum atomic E-state index is 11.6. The third kappa shape index (κ3) is 2.10. The van der Waals surface area contributed by atoms with Gasteiger partial charge in [0.05, 0.1) is 11.5 Å². The molecule has 0 amide bonds. The molecule has 0 aromatic rings. The Morgan fingerprint density at radius 2 is 1.56 bits per heavy atom. The average Bonchev–Trinajstić information content (AvgIpc) is 2.30. The van der Waals surface area contributed by atoms with E-state index in [1.54, 1.807) is 0 Å². The summed E-state index contributed by atoms with van der Waals surface area (Å²) < 4.78 is 0. The first-order valence-corrected chi connectivity index (χ1v) is 6.56. The van der Waals surface area contributed by atoms with Crippen molar-refractivity contribution in [1.82, 2.24) is 0 Å². The molecule has 0 aliphatic heterocycles. The van der Waals surface area contributed by atoms with Gasteiger partial charge in [0, 0.05) is 0 Å². The van der Waals surface area contributed by atoms with Crippen LogP contribution in [0.4, 0.5) is 0 Å². The predicted molar refractivity (Wildman–Crippen MR) is 61.1 cm³/mol. The van der Waals surface area contributed by atoms with Crippen LogP contribution in [0.3, 0.4) is 0 Å². The van der Waals surface area contributed by atoms with E-state index in [-0.39, 0.29) is 6.10 Å². The van der Waals surface area contributed by atoms with Crippen molar-refractivity contribution in [3.63, 3.8) is 0 Å². The topological polar surface area (TPSA) is 57.5 Å². The van der Waals surface area contributed by atoms with Crippen LogP contribution in [0.15, 0.2) is 0 Å². The number of rotatable bonds is 2. The van der Waals surface area contributed by atoms with Crippen LogP contribution in [-0.2, 0) is 4.79 Å². The van der Waals surface area contributed by atoms with Gasteiger partial charge in [0.25, 0.3) is 0 Å². The Morgan fingerprint density at radius 3 is 2.06 bits per heavy atom. The minimum absolute atomic E-state index is 0.189. The normalized spacial score (nSPS) is 34.6. The molecule has 3 nitrogen and oxygen atoms in total. The molecule has 0 radical (unpaired) electrons. The molecule has 92 valence electrons. The van der Waals surface area contributed by atoms with Gasteiger partial charge >= 0.3 is 5.97 Å². The van der Waals surface area contributed by atoms with Crippen LogP contribution in [0.1, 0.15) is 57.8 Å². The molecule has 0 atom stereocenters. The van der Waals surface area contributed by atoms with Gasteiger partial charge in [-0.05, 0) is 44.4 Å². The summed E-state index contributed by atoms with van der Waals surface area (Å²) in [5, 5.41) is 19.0. The summed E-state index contributed by atoms with van der Waals surface area (Å²) in [6.07, 6.45) is 8.19. The first kappa shape index (κ1) is 11.9. The van der Waals surface area contributed by atoms with Crippen LogP contribution in [0.5, 0.6) is 0 Å². The molecule has 2 N–H and O–H groups in total. The molecule has 0 aromatic carbocycles. The Balaban J connectivity index is 2.09. The van der Waals surface area contributed by atoms with Crippen molar-refractivity contribution in [1.29, 1.82) is 0 Å². The van der Waals surface area contributed by atoms with Crippen molar-refractivity contribution in [2.75, 3.05) is 0 Å². The van der Waals surface area contributed by atoms with E-state index in [0.717, 1.165) is 51.4 Å². The smallest absolute Gasteiger partial charge is 0.309 e. The minimum atomic E-state index is -0.589. The lowest BCUT2D eigenvalue weighted by Gasteiger charge is -2.42. The second-order valence-corrected chi connectivity index (χ2v) is 5.53. The van der Waals surface area contributed by atoms with Crippen LogP contribution >= 0.6 is 0 Å². The first-order valence-electron chi connectivity index (χ1n) is 6.56. The Morgan fingerprint density at radius 1 is 1.00 bits per heavy atom. The third-order valence-electron chi connectivity index (χ3n) is 4.65. The summed E-state index contributed by atoms with van der Waals surface area (Å²) in [5.74, 6) is -0.290. The summed E-state index contributed by atoms with van der Waals surface area (Å²) in [5.41, 5.74) is -0.460. The zero-order chi connectivity index (χ0) is 11.6. The van der Waals surface area contributed by atoms with Crippen molar-refractivity contribution >= 4 is 5.97 Å². The fourth-order valence-corrected chi connectivity index (χ4v) is 3.61. The molecule has 0 saturated heterocycles. The quantitative estimate of drug-likeness (QED) is 0.760. The van der Waals surface area contributed by atoms with Gasteiger partial charge in [0.15, 0.2) is 0 Å². The second-order valence-electron chi connectivity index (χ2n) is 5.53. The molecule has 2 aliphatic carbocycles. The number of carbonyl (C=O) groups is 1. The van der Waals surface area contributed by atoms with Gasteiger partial charge in [0.1, 0.15) is 0 Å². The van der Waals surface area contributed by atoms with Gasteiger partial charge in [0.2, 0.25) is 0 Å². The Kier molecular flexibility index (Phi) is 3.53. The summed E-state index contributed by atoms with van der Waals surface area (Å²) in [7, 11) is 0. The molecule has 0 heterocycles. The minimum Gasteiger partial charge on any atom is -0.481 e. The van der Waals surface area contributed by atoms with E-state index in [9.17, 15) is 15.0 Å². The second kappa shape index (κ2) is 4.74. The van der Waals surface area contributed by atoms with E-state index in [2.05, 4.69) is 0 Å². The lowest BCUT2D eigenvalue weighted by atomic mass is 9.61. The summed E-state index contributed by atoms with van der Waals surface area (Å²) in [6.45, 7) is 0. The highest BCUT2D eigenvalue weighted by Crippen LogP contribution is 2.48. The predicted octanol–water partition coefficient (Wildman–Crippen LogP) is 2.57. The van der Waals surface area contributed by atoms with Gasteiger partial charge in [-0.25, -0.2) is 0 Å². The van der Waals surface area contributed by atoms with Crippen molar-refractivity contribution in [2.24, 2.45) is 11.3 Å². The first-order chi connectivity index (χ1) is 7.65. The zero-order valence-electron chi connectivity index (χ0n) is 9.82. The molecule has 2 saturated carbocycles. The van der Waals surface area contributed by atoms with E-state index in [0.29, 0.717) is 5.92 Å². The van der Waals surface area contributed by atoms with E-state index in [1.807, 2.05) is 0 Å². The molecule has 2 fully saturated rings. The lowest BCUT2D eigenvalue weighted by molar-refractivity contribution is -0.157. The number of carboxylic acids is 1. The molecular formula is C13H22O3. The van der Waals surface area contributed by atoms with Gasteiger partial charge in [-0.15, -0.1) is 0 Å². The molecule has 0 spiro atoms. The van der Waals surface area contributed by atoms with Crippen LogP contribution in [0.2, 0.25) is 0 Å². The van der Waals surface area contributed by atoms with Crippen LogP contribution < -0.4 is 0 Å². The largest absolute Gasteiger partial charge is 0.481 e. The van der Waals surface area contributed by atoms with Gasteiger partial charge in [-0.1, -0.05) is 19.3 Å². The molecule has 0 aromatic heterocycles. The maximum absolute atomic E-state index is 11.6. The maximum Gasteiger partial charge on any atom is 0.309 e. The number of aliphatic hydroxyl groups excluding tert-OH is 1. The summed E-state index contributed by atoms with van der Waals surface area (Å²) >= 11 is 0. The molecule has 0 unspecified atom stereocenters. The molecule has 16 heavy (non-hydrogen) atoms. The molecular weight excluding hydrogens is 204 g/mol. The molecule has 3 heteroatoms. The standard InChI is InChI=1S/C13H22O3/c14-11-6-4-10(5-7-11)13(12(15)16)8-2-1-3-9-13/h10-11,14H,1-9H2,(H,15,16)/t10-,11-. The van der Waals surface area contributed by atoms with Crippen molar-refractivity contribution in [3.05, 3.63) is 0 Å². The zero-order valence-corrected chi connectivity index (χ0v) is 9.82. The highest BCUT2D eigenvalue weighted by Gasteiger charge is 2.46. The van der Waals surface area contributed by atoms with Crippen molar-refractivity contribution < 1.29 is 15.0 Å². The monoisotopic (exact) mass is 226 g/mol. The van der Waals surface area contributed by atoms with Crippen LogP contribution in [-0.4, -0.2) is 22.3 Å². The summed E-state index contributed by atoms with van der Waals surface area (Å²) in [4.78, 5) is 11.6. The van der Waals surface area contributed by atoms with Crippen molar-refractivity contribution in [2.45, 2.75) is 63.9 Å². The summed E-state index contributed by atoms with van der Waals surface area (Å²) in [6, 6.07) is 0. The van der Waals surface area contributed by atoms with E-state index < -0.39 is 11.4 Å². The molecule has 2 aliphatic rings. The molecule has 0 bridgehead atoms. The number of carboxylic acid groups (broad SMARTS) is 1. The number of hydrogen-bond acceptors (Lipinski definition) is 2. The third-order valence-corrected chi connectivity index (χ3v) is 4.65. The lowest BCUT2D eigenvalue weighted by Crippen LogP contribution is -2.42. The Hall–Kier alpha value is -0.570. The average molecular weight is 226 g/mol. The Bertz CT molecular complexity index is 248. The van der Waals surface area contributed by atoms with Gasteiger partial charge in [-0.3, -0.25) is 4.79 Å². The fourth-order valence-electron chi connectivity index (χ4n) is 3.61. The van der Waals surface area contributed by atoms with E-state index in [4.69, 9.17) is 0 Å². The van der Waals surface area contributed by atoms with E-state index >= 15 is 0 Å². The number of hydrogen-bond donors (Lipinski definition) is 2. The van der Waals surface area contributed by atoms with Crippen molar-refractivity contribution in [3.8, 4) is 0 Å². The van der Waals surface area contributed by atoms with Gasteiger partial charge in [-0.2, -0.15) is 0 Å². The van der Waals surface area contributed by atoms with Gasteiger partial charge < -0.3 is 10.2 Å². The highest BCUT2D eigenvalue weighted by molar-refractivity contribution is 5.75. The van der Waals surface area contributed by atoms with Crippen LogP contribution in [0.25, 0.3) is 0 Å². The SMILES string of the molecule is O=C(O)C1([C@H]2CC[C@H](O)CC2)CCCCC1. The Labute approximate surface area is 96.9 Å². The van der Waals surface area contributed by atoms with Crippen LogP contribution in [0, 0.1) is 11.3 Å². The number of aliphatic hydroxyl groups is 1. The van der Waals surface area contributed by atoms with E-state index in [1.165, 1.54) is 6.42 Å². The number of aliphatic carboxylic acids is 1. The highest BCUT2D eigenvalue weighted by atomic mass is 16.4. The fraction of sp³-hybridized carbons (Fsp3) is 0.923. The molecule has 2 rings (SSSR count).